The van der Waals surface area contributed by atoms with Crippen molar-refractivity contribution in [3.63, 3.8) is 0 Å². The summed E-state index contributed by atoms with van der Waals surface area (Å²) in [6, 6.07) is 6.04. The van der Waals surface area contributed by atoms with Gasteiger partial charge in [0.05, 0.1) is 37.4 Å². The molecular weight excluding hydrogens is 472 g/mol. The number of pyridine rings is 1. The van der Waals surface area contributed by atoms with Crippen molar-refractivity contribution in [1.29, 1.82) is 5.26 Å². The van der Waals surface area contributed by atoms with Crippen LogP contribution in [-0.4, -0.2) is 79.6 Å². The molecule has 1 N–H and O–H groups in total. The summed E-state index contributed by atoms with van der Waals surface area (Å²) in [5, 5.41) is 17.5. The summed E-state index contributed by atoms with van der Waals surface area (Å²) in [5.41, 5.74) is 1.73. The van der Waals surface area contributed by atoms with Crippen LogP contribution in [0.2, 0.25) is 0 Å². The third kappa shape index (κ3) is 4.27. The van der Waals surface area contributed by atoms with E-state index < -0.39 is 24.9 Å². The number of nitrogens with zero attached hydrogens (tertiary/aromatic N) is 8. The Kier molecular flexibility index (Phi) is 5.39. The normalized spacial score (nSPS) is 23.2. The number of nitrogens with one attached hydrogen (secondary N) is 1. The fourth-order valence-corrected chi connectivity index (χ4v) is 4.75. The maximum Gasteiger partial charge on any atom is 0.321 e. The number of likely N-dealkylation sites (tertiary alicyclic amines) is 1. The van der Waals surface area contributed by atoms with Crippen molar-refractivity contribution >= 4 is 22.9 Å². The van der Waals surface area contributed by atoms with E-state index in [1.54, 1.807) is 6.20 Å². The molecule has 2 aliphatic heterocycles. The van der Waals surface area contributed by atoms with E-state index in [0.29, 0.717) is 13.1 Å². The van der Waals surface area contributed by atoms with E-state index in [0.717, 1.165) is 40.9 Å². The third-order valence-electron chi connectivity index (χ3n) is 6.97. The molecule has 3 aliphatic rings. The molecule has 0 bridgehead atoms. The number of hydrogen-bond acceptors (Lipinski definition) is 9. The summed E-state index contributed by atoms with van der Waals surface area (Å²) in [5.74, 6) is -3.25. The fraction of sp³-hybridized carbons (Fsp3) is 0.522. The Morgan fingerprint density at radius 2 is 2.06 bits per heavy atom. The van der Waals surface area contributed by atoms with E-state index in [1.807, 2.05) is 17.0 Å². The molecule has 3 aromatic heterocycles. The fourth-order valence-electron chi connectivity index (χ4n) is 4.75. The highest BCUT2D eigenvalue weighted by atomic mass is 19.3. The summed E-state index contributed by atoms with van der Waals surface area (Å²) in [6.45, 7) is 0.147. The highest BCUT2D eigenvalue weighted by Gasteiger charge is 2.47. The first-order valence-corrected chi connectivity index (χ1v) is 11.9. The van der Waals surface area contributed by atoms with Crippen molar-refractivity contribution in [3.8, 4) is 12.1 Å². The van der Waals surface area contributed by atoms with Gasteiger partial charge in [0.25, 0.3) is 11.8 Å². The second-order valence-corrected chi connectivity index (χ2v) is 9.57. The van der Waals surface area contributed by atoms with Gasteiger partial charge in [-0.1, -0.05) is 0 Å². The molecule has 13 heteroatoms. The number of hydrogen-bond donors (Lipinski definition) is 1. The average Bonchev–Trinajstić information content (AvgIpc) is 3.52. The van der Waals surface area contributed by atoms with E-state index in [2.05, 4.69) is 36.2 Å². The molecule has 3 aromatic rings. The topological polar surface area (TPSA) is 137 Å². The number of fused-ring (bicyclic) bond motifs is 1. The number of amides is 1. The first-order valence-electron chi connectivity index (χ1n) is 11.9. The lowest BCUT2D eigenvalue weighted by Crippen LogP contribution is -2.58. The molecule has 1 unspecified atom stereocenters. The third-order valence-corrected chi connectivity index (χ3v) is 6.97. The number of nitriles is 1. The second-order valence-electron chi connectivity index (χ2n) is 9.57. The van der Waals surface area contributed by atoms with Crippen molar-refractivity contribution in [2.75, 3.05) is 37.7 Å². The average molecular weight is 495 g/mol. The molecule has 1 saturated carbocycles. The van der Waals surface area contributed by atoms with Gasteiger partial charge in [0.1, 0.15) is 0 Å². The molecule has 0 aromatic carbocycles. The Bertz CT molecular complexity index is 1340. The van der Waals surface area contributed by atoms with Gasteiger partial charge < -0.3 is 14.5 Å². The van der Waals surface area contributed by atoms with Crippen molar-refractivity contribution in [2.24, 2.45) is 11.8 Å². The van der Waals surface area contributed by atoms with Crippen LogP contribution in [0, 0.1) is 23.2 Å². The number of aromatic amines is 1. The van der Waals surface area contributed by atoms with E-state index in [-0.39, 0.29) is 42.1 Å². The number of carbonyl (C=O) groups is 1. The van der Waals surface area contributed by atoms with Crippen LogP contribution in [0.5, 0.6) is 6.01 Å². The molecule has 0 spiro atoms. The number of carbonyl (C=O) groups excluding carboxylic acids is 1. The molecule has 11 nitrogen and oxygen atoms in total. The molecular formula is C23H23F2N9O2. The van der Waals surface area contributed by atoms with Crippen molar-refractivity contribution in [3.05, 3.63) is 29.8 Å². The van der Waals surface area contributed by atoms with Gasteiger partial charge in [-0.15, -0.1) is 0 Å². The van der Waals surface area contributed by atoms with E-state index in [4.69, 9.17) is 10.00 Å². The molecule has 36 heavy (non-hydrogen) atoms. The summed E-state index contributed by atoms with van der Waals surface area (Å²) in [6.07, 6.45) is 4.03. The summed E-state index contributed by atoms with van der Waals surface area (Å²) < 4.78 is 32.4. The van der Waals surface area contributed by atoms with Crippen molar-refractivity contribution < 1.29 is 18.3 Å². The first kappa shape index (κ1) is 22.5. The van der Waals surface area contributed by atoms with Crippen LogP contribution in [-0.2, 0) is 0 Å². The van der Waals surface area contributed by atoms with Gasteiger partial charge in [0.2, 0.25) is 11.8 Å². The molecule has 6 rings (SSSR count). The Morgan fingerprint density at radius 3 is 2.78 bits per heavy atom. The van der Waals surface area contributed by atoms with Crippen LogP contribution in [0.4, 0.5) is 14.7 Å². The zero-order valence-corrected chi connectivity index (χ0v) is 19.3. The number of ether oxygens (including phenoxy) is 1. The number of aromatic nitrogens is 6. The molecule has 0 radical (unpaired) electrons. The minimum absolute atomic E-state index is 0.0364. The lowest BCUT2D eigenvalue weighted by atomic mass is 9.92. The molecule has 186 valence electrons. The predicted molar refractivity (Wildman–Crippen MR) is 121 cm³/mol. The molecule has 1 aliphatic carbocycles. The number of anilines is 1. The van der Waals surface area contributed by atoms with Crippen LogP contribution >= 0.6 is 0 Å². The van der Waals surface area contributed by atoms with Crippen molar-refractivity contribution in [1.82, 2.24) is 35.0 Å². The Balaban J connectivity index is 1.19. The largest absolute Gasteiger partial charge is 0.463 e. The van der Waals surface area contributed by atoms with Crippen molar-refractivity contribution in [2.45, 2.75) is 31.1 Å². The molecule has 5 heterocycles. The zero-order valence-electron chi connectivity index (χ0n) is 19.3. The zero-order chi connectivity index (χ0) is 24.9. The molecule has 2 saturated heterocycles. The van der Waals surface area contributed by atoms with Gasteiger partial charge in [-0.2, -0.15) is 25.3 Å². The van der Waals surface area contributed by atoms with Crippen LogP contribution in [0.15, 0.2) is 18.3 Å². The number of H-pyrrole nitrogens is 1. The number of alkyl halides is 2. The Morgan fingerprint density at radius 1 is 1.25 bits per heavy atom. The van der Waals surface area contributed by atoms with Gasteiger partial charge >= 0.3 is 6.01 Å². The van der Waals surface area contributed by atoms with E-state index in [9.17, 15) is 13.6 Å². The second kappa shape index (κ2) is 8.61. The maximum atomic E-state index is 13.3. The lowest BCUT2D eigenvalue weighted by Gasteiger charge is -2.38. The summed E-state index contributed by atoms with van der Waals surface area (Å²) in [4.78, 5) is 32.9. The SMILES string of the molecule is N#CC1C[C@@H]1COc1nc(C(=O)N2CC(F)(F)C2)nc(N2CCC(c3n[nH]c4ncccc34)CC2)n1. The monoisotopic (exact) mass is 495 g/mol. The Labute approximate surface area is 204 Å². The molecule has 3 fully saturated rings. The number of piperidine rings is 1. The highest BCUT2D eigenvalue weighted by molar-refractivity contribution is 5.91. The van der Waals surface area contributed by atoms with E-state index >= 15 is 0 Å². The van der Waals surface area contributed by atoms with Gasteiger partial charge in [0, 0.05) is 36.5 Å². The van der Waals surface area contributed by atoms with Gasteiger partial charge in [0.15, 0.2) is 5.65 Å². The number of halogens is 2. The minimum atomic E-state index is -2.89. The van der Waals surface area contributed by atoms with E-state index in [1.165, 1.54) is 0 Å². The molecule has 1 amide bonds. The standard InChI is InChI=1S/C23H23F2N9O2/c24-23(25)11-34(12-23)20(35)19-28-21(30-22(29-19)36-10-15-8-14(15)9-26)33-6-3-13(4-7-33)17-16-2-1-5-27-18(16)32-31-17/h1-2,5,13-15H,3-4,6-8,10-12H2,(H,27,31,32)/t14?,15-/m1/s1. The van der Waals surface area contributed by atoms with Crippen LogP contribution in [0.25, 0.3) is 11.0 Å². The van der Waals surface area contributed by atoms with Crippen LogP contribution < -0.4 is 9.64 Å². The Hall–Kier alpha value is -3.95. The predicted octanol–water partition coefficient (Wildman–Crippen LogP) is 2.16. The van der Waals surface area contributed by atoms with Gasteiger partial charge in [-0.25, -0.2) is 13.8 Å². The van der Waals surface area contributed by atoms with Crippen LogP contribution in [0.1, 0.15) is 41.5 Å². The van der Waals surface area contributed by atoms with Crippen LogP contribution in [0.3, 0.4) is 0 Å². The first-order chi connectivity index (χ1) is 17.4. The summed E-state index contributed by atoms with van der Waals surface area (Å²) >= 11 is 0. The smallest absolute Gasteiger partial charge is 0.321 e. The van der Waals surface area contributed by atoms with Gasteiger partial charge in [-0.05, 0) is 31.4 Å². The molecule has 2 atom stereocenters. The van der Waals surface area contributed by atoms with Gasteiger partial charge in [-0.3, -0.25) is 9.89 Å². The minimum Gasteiger partial charge on any atom is -0.463 e. The highest BCUT2D eigenvalue weighted by Crippen LogP contribution is 2.38. The summed E-state index contributed by atoms with van der Waals surface area (Å²) in [7, 11) is 0. The quantitative estimate of drug-likeness (QED) is 0.545. The number of rotatable bonds is 6. The maximum absolute atomic E-state index is 13.3. The lowest BCUT2D eigenvalue weighted by molar-refractivity contribution is -0.113.